The van der Waals surface area contributed by atoms with Crippen LogP contribution in [0.2, 0.25) is 0 Å². The summed E-state index contributed by atoms with van der Waals surface area (Å²) in [6.45, 7) is 2.43. The number of carbonyl (C=O) groups is 2. The zero-order chi connectivity index (χ0) is 23.2. The van der Waals surface area contributed by atoms with Crippen LogP contribution in [0.4, 0.5) is 5.82 Å². The average Bonchev–Trinajstić information content (AvgIpc) is 3.17. The number of nitrogens with one attached hydrogen (secondary N) is 3. The monoisotopic (exact) mass is 468 g/mol. The van der Waals surface area contributed by atoms with E-state index < -0.39 is 11.2 Å². The summed E-state index contributed by atoms with van der Waals surface area (Å²) in [5.74, 6) is 0.122. The Hall–Kier alpha value is -2.84. The molecular formula is C24H29ClN6O2. The first-order valence-electron chi connectivity index (χ1n) is 11.6. The van der Waals surface area contributed by atoms with E-state index in [0.29, 0.717) is 18.8 Å². The molecule has 33 heavy (non-hydrogen) atoms. The van der Waals surface area contributed by atoms with Crippen molar-refractivity contribution in [2.45, 2.75) is 62.8 Å². The summed E-state index contributed by atoms with van der Waals surface area (Å²) < 4.78 is 0. The van der Waals surface area contributed by atoms with E-state index in [1.165, 1.54) is 0 Å². The Bertz CT molecular complexity index is 1130. The van der Waals surface area contributed by atoms with E-state index in [2.05, 4.69) is 27.9 Å². The fourth-order valence-electron chi connectivity index (χ4n) is 4.92. The van der Waals surface area contributed by atoms with Crippen molar-refractivity contribution in [3.8, 4) is 0 Å². The van der Waals surface area contributed by atoms with Crippen molar-refractivity contribution in [2.24, 2.45) is 5.92 Å². The van der Waals surface area contributed by atoms with Crippen molar-refractivity contribution >= 4 is 40.0 Å². The first-order valence-corrected chi connectivity index (χ1v) is 12.0. The van der Waals surface area contributed by atoms with Gasteiger partial charge in [-0.25, -0.2) is 4.98 Å². The number of carbonyl (C=O) groups excluding carboxylic acids is 2. The minimum absolute atomic E-state index is 0.123. The van der Waals surface area contributed by atoms with Gasteiger partial charge in [-0.1, -0.05) is 37.1 Å². The predicted octanol–water partition coefficient (Wildman–Crippen LogP) is 2.54. The first-order chi connectivity index (χ1) is 15.9. The third kappa shape index (κ3) is 3.91. The van der Waals surface area contributed by atoms with Crippen LogP contribution in [0.25, 0.3) is 10.8 Å². The number of nitrogens with two attached hydrogens (primary N) is 1. The van der Waals surface area contributed by atoms with Gasteiger partial charge >= 0.3 is 0 Å². The Kier molecular flexibility index (Phi) is 5.66. The van der Waals surface area contributed by atoms with Gasteiger partial charge in [0.25, 0.3) is 5.91 Å². The van der Waals surface area contributed by atoms with Crippen LogP contribution in [0, 0.1) is 5.92 Å². The molecule has 3 heterocycles. The summed E-state index contributed by atoms with van der Waals surface area (Å²) in [4.78, 5) is 32.4. The van der Waals surface area contributed by atoms with Gasteiger partial charge in [-0.2, -0.15) is 0 Å². The Labute approximate surface area is 197 Å². The zero-order valence-electron chi connectivity index (χ0n) is 18.6. The fraction of sp³-hybridized carbons (Fsp3) is 0.458. The first kappa shape index (κ1) is 22.0. The molecule has 5 rings (SSSR count). The van der Waals surface area contributed by atoms with Gasteiger partial charge in [0.15, 0.2) is 0 Å². The van der Waals surface area contributed by atoms with Crippen molar-refractivity contribution < 1.29 is 9.59 Å². The van der Waals surface area contributed by atoms with Crippen LogP contribution < -0.4 is 21.7 Å². The highest BCUT2D eigenvalue weighted by atomic mass is 35.5. The topological polar surface area (TPSA) is 112 Å². The Balaban J connectivity index is 1.32. The molecule has 1 saturated heterocycles. The maximum atomic E-state index is 13.5. The third-order valence-electron chi connectivity index (χ3n) is 7.08. The van der Waals surface area contributed by atoms with Gasteiger partial charge in [-0.15, -0.1) is 0 Å². The molecule has 8 nitrogen and oxygen atoms in total. The van der Waals surface area contributed by atoms with E-state index in [0.717, 1.165) is 47.7 Å². The normalized spacial score (nSPS) is 27.0. The van der Waals surface area contributed by atoms with Gasteiger partial charge in [0.1, 0.15) is 11.9 Å². The number of benzene rings is 1. The largest absolute Gasteiger partial charge is 0.383 e. The number of nitrogens with zero attached hydrogens (tertiary/aromatic N) is 2. The number of alkyl halides is 1. The lowest BCUT2D eigenvalue weighted by molar-refractivity contribution is -0.141. The summed E-state index contributed by atoms with van der Waals surface area (Å²) in [5.41, 5.74) is 7.72. The van der Waals surface area contributed by atoms with Crippen LogP contribution in [0.1, 0.15) is 44.6 Å². The molecule has 3 aliphatic rings. The summed E-state index contributed by atoms with van der Waals surface area (Å²) in [6.07, 6.45) is 8.02. The number of rotatable bonds is 6. The lowest BCUT2D eigenvalue weighted by atomic mass is 9.92. The highest BCUT2D eigenvalue weighted by molar-refractivity contribution is 6.34. The molecule has 174 valence electrons. The van der Waals surface area contributed by atoms with Crippen LogP contribution in [0.5, 0.6) is 0 Å². The minimum Gasteiger partial charge on any atom is -0.383 e. The number of amides is 2. The number of aromatic nitrogens is 1. The van der Waals surface area contributed by atoms with Crippen molar-refractivity contribution in [1.82, 2.24) is 25.8 Å². The highest BCUT2D eigenvalue weighted by Gasteiger charge is 2.53. The van der Waals surface area contributed by atoms with Gasteiger partial charge in [0, 0.05) is 42.0 Å². The molecule has 5 N–H and O–H groups in total. The quantitative estimate of drug-likeness (QED) is 0.383. The second-order valence-electron chi connectivity index (χ2n) is 9.15. The number of halogens is 1. The van der Waals surface area contributed by atoms with Gasteiger partial charge in [-0.05, 0) is 48.8 Å². The maximum absolute atomic E-state index is 13.5. The van der Waals surface area contributed by atoms with Crippen LogP contribution in [0.15, 0.2) is 42.4 Å². The lowest BCUT2D eigenvalue weighted by Crippen LogP contribution is -2.68. The molecule has 0 bridgehead atoms. The van der Waals surface area contributed by atoms with Crippen LogP contribution in [0.3, 0.4) is 0 Å². The lowest BCUT2D eigenvalue weighted by Gasteiger charge is -2.42. The second kappa shape index (κ2) is 8.50. The molecule has 2 aromatic rings. The van der Waals surface area contributed by atoms with E-state index in [9.17, 15) is 9.59 Å². The zero-order valence-corrected chi connectivity index (χ0v) is 19.4. The summed E-state index contributed by atoms with van der Waals surface area (Å²) in [5, 5.41) is 9.77. The molecule has 1 aromatic carbocycles. The molecule has 1 aliphatic carbocycles. The smallest absolute Gasteiger partial charge is 0.284 e. The summed E-state index contributed by atoms with van der Waals surface area (Å²) in [6, 6.07) is 7.35. The molecule has 1 unspecified atom stereocenters. The Morgan fingerprint density at radius 1 is 1.36 bits per heavy atom. The molecule has 9 heteroatoms. The van der Waals surface area contributed by atoms with Gasteiger partial charge in [0.2, 0.25) is 11.0 Å². The standard InChI is InChI=1S/C24H29ClN6O2/c1-2-15-11-19(31-20(15)13-29-24(25,23(31)33)30-17-4-3-5-17)22(32)28-12-14-6-7-18-16(10-14)8-9-27-21(18)26/h6-10,13,15,17,19,29-30H,2-5,11-12H2,1H3,(H2,26,27)(H,28,32)/t15-,19+,24?/m1/s1. The van der Waals surface area contributed by atoms with E-state index in [4.69, 9.17) is 17.3 Å². The third-order valence-corrected chi connectivity index (χ3v) is 7.46. The van der Waals surface area contributed by atoms with Gasteiger partial charge in [-0.3, -0.25) is 19.8 Å². The van der Waals surface area contributed by atoms with Crippen LogP contribution in [-0.2, 0) is 16.1 Å². The molecule has 2 aliphatic heterocycles. The average molecular weight is 469 g/mol. The molecule has 0 spiro atoms. The molecule has 1 saturated carbocycles. The van der Waals surface area contributed by atoms with Crippen molar-refractivity contribution in [3.05, 3.63) is 47.9 Å². The van der Waals surface area contributed by atoms with Crippen molar-refractivity contribution in [3.63, 3.8) is 0 Å². The van der Waals surface area contributed by atoms with E-state index in [1.807, 2.05) is 30.5 Å². The molecule has 3 atom stereocenters. The fourth-order valence-corrected chi connectivity index (χ4v) is 5.22. The number of hydrogen-bond donors (Lipinski definition) is 4. The predicted molar refractivity (Wildman–Crippen MR) is 128 cm³/mol. The number of hydrogen-bond acceptors (Lipinski definition) is 6. The van der Waals surface area contributed by atoms with Gasteiger partial charge in [0.05, 0.1) is 0 Å². The van der Waals surface area contributed by atoms with E-state index in [1.54, 1.807) is 11.1 Å². The van der Waals surface area contributed by atoms with Crippen LogP contribution in [-0.4, -0.2) is 38.9 Å². The number of anilines is 1. The molecule has 2 amide bonds. The summed E-state index contributed by atoms with van der Waals surface area (Å²) >= 11 is 6.70. The second-order valence-corrected chi connectivity index (χ2v) is 9.71. The van der Waals surface area contributed by atoms with E-state index >= 15 is 0 Å². The van der Waals surface area contributed by atoms with Crippen molar-refractivity contribution in [2.75, 3.05) is 5.73 Å². The molecule has 1 aromatic heterocycles. The number of nitrogen functional groups attached to an aromatic ring is 1. The maximum Gasteiger partial charge on any atom is 0.284 e. The molecule has 0 radical (unpaired) electrons. The summed E-state index contributed by atoms with van der Waals surface area (Å²) in [7, 11) is 0. The number of fused-ring (bicyclic) bond motifs is 2. The van der Waals surface area contributed by atoms with E-state index in [-0.39, 0.29) is 23.8 Å². The Morgan fingerprint density at radius 2 is 2.18 bits per heavy atom. The SMILES string of the molecule is CC[C@@H]1C[C@@H](C(=O)NCc2ccc3c(N)nccc3c2)N2C(=O)C(Cl)(NC3CCC3)NC=C12. The molecule has 2 fully saturated rings. The number of pyridine rings is 1. The highest BCUT2D eigenvalue weighted by Crippen LogP contribution is 2.40. The molecular weight excluding hydrogens is 440 g/mol. The van der Waals surface area contributed by atoms with Gasteiger partial charge < -0.3 is 16.4 Å². The van der Waals surface area contributed by atoms with Crippen LogP contribution >= 0.6 is 11.6 Å². The Morgan fingerprint density at radius 3 is 2.91 bits per heavy atom. The minimum atomic E-state index is -1.41. The number of allylic oxidation sites excluding steroid dienone is 1. The van der Waals surface area contributed by atoms with Crippen molar-refractivity contribution in [1.29, 1.82) is 0 Å².